The molecule has 0 aliphatic carbocycles. The normalized spacial score (nSPS) is 11.2. The number of benzene rings is 9. The quantitative estimate of drug-likeness (QED) is 0.157. The molecule has 0 spiro atoms. The van der Waals surface area contributed by atoms with Crippen molar-refractivity contribution in [1.82, 2.24) is 24.1 Å². The molecule has 0 radical (unpaired) electrons. The molecule has 12 aromatic rings. The zero-order valence-electron chi connectivity index (χ0n) is 36.2. The van der Waals surface area contributed by atoms with E-state index in [4.69, 9.17) is 15.0 Å². The summed E-state index contributed by atoms with van der Waals surface area (Å²) in [4.78, 5) is 15.6. The van der Waals surface area contributed by atoms with Gasteiger partial charge in [-0.25, -0.2) is 15.0 Å². The monoisotopic (exact) mass is 866 g/mol. The van der Waals surface area contributed by atoms with Crippen molar-refractivity contribution in [2.45, 2.75) is 0 Å². The molecule has 0 aliphatic heterocycles. The van der Waals surface area contributed by atoms with Gasteiger partial charge in [-0.15, -0.1) is 0 Å². The molecule has 9 aromatic carbocycles. The highest BCUT2D eigenvalue weighted by atomic mass is 15.1. The number of rotatable bonds is 7. The molecule has 0 bridgehead atoms. The van der Waals surface area contributed by atoms with Crippen LogP contribution >= 0.6 is 0 Å². The van der Waals surface area contributed by atoms with E-state index in [9.17, 15) is 15.8 Å². The molecule has 68 heavy (non-hydrogen) atoms. The van der Waals surface area contributed by atoms with Crippen LogP contribution in [0.4, 0.5) is 0 Å². The van der Waals surface area contributed by atoms with Crippen LogP contribution in [0, 0.1) is 34.0 Å². The van der Waals surface area contributed by atoms with Crippen molar-refractivity contribution in [3.63, 3.8) is 0 Å². The van der Waals surface area contributed by atoms with Gasteiger partial charge in [-0.3, -0.25) is 0 Å². The van der Waals surface area contributed by atoms with Crippen LogP contribution in [0.3, 0.4) is 0 Å². The Kier molecular flexibility index (Phi) is 9.47. The topological polar surface area (TPSA) is 120 Å². The lowest BCUT2D eigenvalue weighted by Gasteiger charge is -2.17. The van der Waals surface area contributed by atoms with Crippen molar-refractivity contribution in [2.24, 2.45) is 0 Å². The van der Waals surface area contributed by atoms with Crippen molar-refractivity contribution in [2.75, 3.05) is 0 Å². The average Bonchev–Trinajstić information content (AvgIpc) is 3.93. The highest BCUT2D eigenvalue weighted by Crippen LogP contribution is 2.42. The van der Waals surface area contributed by atoms with E-state index in [-0.39, 0.29) is 0 Å². The second-order valence-corrected chi connectivity index (χ2v) is 16.6. The van der Waals surface area contributed by atoms with Gasteiger partial charge < -0.3 is 9.13 Å². The van der Waals surface area contributed by atoms with Gasteiger partial charge in [-0.05, 0) is 83.9 Å². The van der Waals surface area contributed by atoms with Crippen molar-refractivity contribution >= 4 is 43.6 Å². The summed E-state index contributed by atoms with van der Waals surface area (Å²) in [5, 5.41) is 34.3. The predicted molar refractivity (Wildman–Crippen MR) is 270 cm³/mol. The van der Waals surface area contributed by atoms with E-state index >= 15 is 0 Å². The Morgan fingerprint density at radius 1 is 0.309 bits per heavy atom. The minimum absolute atomic E-state index is 0.355. The number of nitrogens with zero attached hydrogens (tertiary/aromatic N) is 8. The maximum atomic E-state index is 10.3. The smallest absolute Gasteiger partial charge is 0.166 e. The van der Waals surface area contributed by atoms with Crippen LogP contribution in [0.1, 0.15) is 16.7 Å². The van der Waals surface area contributed by atoms with Gasteiger partial charge >= 0.3 is 0 Å². The maximum absolute atomic E-state index is 10.3. The van der Waals surface area contributed by atoms with E-state index < -0.39 is 0 Å². The first-order chi connectivity index (χ1) is 33.6. The number of hydrogen-bond donors (Lipinski definition) is 0. The molecule has 0 amide bonds. The summed E-state index contributed by atoms with van der Waals surface area (Å²) in [5.74, 6) is 1.70. The van der Waals surface area contributed by atoms with Crippen LogP contribution < -0.4 is 0 Å². The third-order valence-corrected chi connectivity index (χ3v) is 12.7. The van der Waals surface area contributed by atoms with Crippen LogP contribution in [0.2, 0.25) is 0 Å². The fraction of sp³-hybridized carbons (Fsp3) is 0. The van der Waals surface area contributed by atoms with Crippen molar-refractivity contribution < 1.29 is 0 Å². The van der Waals surface area contributed by atoms with Crippen LogP contribution in [0.25, 0.3) is 111 Å². The van der Waals surface area contributed by atoms with E-state index in [2.05, 4.69) is 124 Å². The highest BCUT2D eigenvalue weighted by Gasteiger charge is 2.22. The Bertz CT molecular complexity index is 4010. The Labute approximate surface area is 390 Å². The summed E-state index contributed by atoms with van der Waals surface area (Å²) in [7, 11) is 0. The molecule has 3 heterocycles. The largest absolute Gasteiger partial charge is 0.309 e. The number of para-hydroxylation sites is 3. The standard InChI is InChI=1S/C60H34N8/c61-35-38-23-27-45(44(31-38)37-63)49-32-39(36-62)24-28-55(49)68-54-22-12-9-19-48(54)50-33-42(25-29-56(50)68)43-26-30-57(67-52-20-10-7-17-46(52)47-18-8-11-21-53(47)67)51(34-43)60-65-58(40-13-3-1-4-14-40)64-59(66-60)41-15-5-2-6-16-41/h1-34H. The molecule has 314 valence electrons. The number of nitriles is 3. The predicted octanol–water partition coefficient (Wildman–Crippen LogP) is 14.0. The summed E-state index contributed by atoms with van der Waals surface area (Å²) < 4.78 is 4.51. The third-order valence-electron chi connectivity index (χ3n) is 12.7. The first-order valence-corrected chi connectivity index (χ1v) is 22.1. The SMILES string of the molecule is N#Cc1ccc(-c2cc(C#N)ccc2-n2c3ccccc3c3cc(-c4ccc(-n5c6ccccc6c6ccccc65)c(-c5nc(-c6ccccc6)nc(-c6ccccc6)n5)c4)ccc32)c(C#N)c1. The minimum Gasteiger partial charge on any atom is -0.309 e. The molecule has 8 nitrogen and oxygen atoms in total. The lowest BCUT2D eigenvalue weighted by molar-refractivity contribution is 1.06. The van der Waals surface area contributed by atoms with Crippen LogP contribution in [0.5, 0.6) is 0 Å². The van der Waals surface area contributed by atoms with E-state index in [0.29, 0.717) is 45.3 Å². The number of hydrogen-bond acceptors (Lipinski definition) is 6. The molecular weight excluding hydrogens is 833 g/mol. The summed E-state index contributed by atoms with van der Waals surface area (Å²) in [6, 6.07) is 75.8. The maximum Gasteiger partial charge on any atom is 0.166 e. The third kappa shape index (κ3) is 6.55. The molecule has 12 rings (SSSR count). The minimum atomic E-state index is 0.355. The van der Waals surface area contributed by atoms with Crippen LogP contribution in [-0.4, -0.2) is 24.1 Å². The summed E-state index contributed by atoms with van der Waals surface area (Å²) in [6.07, 6.45) is 0. The Hall–Kier alpha value is -9.94. The number of aromatic nitrogens is 5. The Balaban J connectivity index is 1.10. The van der Waals surface area contributed by atoms with Crippen molar-refractivity contribution in [3.05, 3.63) is 223 Å². The first-order valence-electron chi connectivity index (χ1n) is 22.1. The van der Waals surface area contributed by atoms with Gasteiger partial charge in [-0.1, -0.05) is 133 Å². The first kappa shape index (κ1) is 39.6. The van der Waals surface area contributed by atoms with E-state index in [1.807, 2.05) is 84.9 Å². The molecule has 0 aliphatic rings. The van der Waals surface area contributed by atoms with Gasteiger partial charge in [0, 0.05) is 49.4 Å². The summed E-state index contributed by atoms with van der Waals surface area (Å²) in [5.41, 5.74) is 12.9. The molecule has 0 unspecified atom stereocenters. The molecule has 3 aromatic heterocycles. The molecule has 0 saturated carbocycles. The van der Waals surface area contributed by atoms with Gasteiger partial charge in [0.1, 0.15) is 0 Å². The van der Waals surface area contributed by atoms with Gasteiger partial charge in [0.15, 0.2) is 17.5 Å². The van der Waals surface area contributed by atoms with Crippen LogP contribution in [-0.2, 0) is 0 Å². The van der Waals surface area contributed by atoms with Gasteiger partial charge in [0.05, 0.1) is 68.3 Å². The van der Waals surface area contributed by atoms with E-state index in [1.54, 1.807) is 24.3 Å². The van der Waals surface area contributed by atoms with Gasteiger partial charge in [-0.2, -0.15) is 15.8 Å². The summed E-state index contributed by atoms with van der Waals surface area (Å²) in [6.45, 7) is 0. The molecule has 0 saturated heterocycles. The van der Waals surface area contributed by atoms with E-state index in [0.717, 1.165) is 82.8 Å². The van der Waals surface area contributed by atoms with Crippen molar-refractivity contribution in [1.29, 1.82) is 15.8 Å². The molecule has 8 heteroatoms. The number of fused-ring (bicyclic) bond motifs is 6. The Morgan fingerprint density at radius 2 is 0.765 bits per heavy atom. The lowest BCUT2D eigenvalue weighted by atomic mass is 9.95. The van der Waals surface area contributed by atoms with E-state index in [1.165, 1.54) is 0 Å². The molecule has 0 N–H and O–H groups in total. The second-order valence-electron chi connectivity index (χ2n) is 16.6. The highest BCUT2D eigenvalue weighted by molar-refractivity contribution is 6.12. The zero-order chi connectivity index (χ0) is 45.7. The molecule has 0 fully saturated rings. The second kappa shape index (κ2) is 16.2. The Morgan fingerprint density at radius 3 is 1.35 bits per heavy atom. The fourth-order valence-corrected chi connectivity index (χ4v) is 9.57. The fourth-order valence-electron chi connectivity index (χ4n) is 9.57. The van der Waals surface area contributed by atoms with Crippen LogP contribution in [0.15, 0.2) is 206 Å². The van der Waals surface area contributed by atoms with Gasteiger partial charge in [0.25, 0.3) is 0 Å². The van der Waals surface area contributed by atoms with Crippen molar-refractivity contribution in [3.8, 4) is 86.0 Å². The molecule has 0 atom stereocenters. The molecular formula is C60H34N8. The van der Waals surface area contributed by atoms with Gasteiger partial charge in [0.2, 0.25) is 0 Å². The zero-order valence-corrected chi connectivity index (χ0v) is 36.2. The average molecular weight is 867 g/mol. The lowest BCUT2D eigenvalue weighted by Crippen LogP contribution is -2.04. The summed E-state index contributed by atoms with van der Waals surface area (Å²) >= 11 is 0.